The van der Waals surface area contributed by atoms with E-state index in [9.17, 15) is 4.79 Å². The van der Waals surface area contributed by atoms with Crippen LogP contribution in [0.2, 0.25) is 0 Å². The molecule has 4 rings (SSSR count). The minimum atomic E-state index is -0.219. The van der Waals surface area contributed by atoms with Gasteiger partial charge in [0.05, 0.1) is 26.5 Å². The Balaban J connectivity index is 0.000000273. The minimum absolute atomic E-state index is 0.219. The van der Waals surface area contributed by atoms with Crippen molar-refractivity contribution >= 4 is 11.8 Å². The molecule has 212 valence electrons. The van der Waals surface area contributed by atoms with Crippen molar-refractivity contribution in [1.82, 2.24) is 10.2 Å². The summed E-state index contributed by atoms with van der Waals surface area (Å²) in [6, 6.07) is 26.9. The van der Waals surface area contributed by atoms with E-state index in [1.807, 2.05) is 51.1 Å². The van der Waals surface area contributed by atoms with Crippen molar-refractivity contribution in [1.29, 1.82) is 0 Å². The molecule has 3 aromatic carbocycles. The zero-order valence-electron chi connectivity index (χ0n) is 24.1. The monoisotopic (exact) mass is 535 g/mol. The fourth-order valence-electron chi connectivity index (χ4n) is 4.10. The molecule has 0 aromatic heterocycles. The second-order valence-corrected chi connectivity index (χ2v) is 8.75. The summed E-state index contributed by atoms with van der Waals surface area (Å²) in [5, 5.41) is 6.90. The predicted octanol–water partition coefficient (Wildman–Crippen LogP) is 6.74. The number of anilines is 1. The van der Waals surface area contributed by atoms with Crippen molar-refractivity contribution in [3.05, 3.63) is 90.0 Å². The molecule has 1 fully saturated rings. The minimum Gasteiger partial charge on any atom is -0.497 e. The number of amides is 1. The summed E-state index contributed by atoms with van der Waals surface area (Å²) in [7, 11) is 3.27. The Morgan fingerprint density at radius 2 is 1.41 bits per heavy atom. The summed E-state index contributed by atoms with van der Waals surface area (Å²) >= 11 is 0. The van der Waals surface area contributed by atoms with Crippen molar-refractivity contribution in [2.45, 2.75) is 52.7 Å². The Hall–Kier alpha value is -3.71. The number of nitrogens with zero attached hydrogens (tertiary/aromatic N) is 1. The first-order chi connectivity index (χ1) is 19.1. The molecule has 2 N–H and O–H groups in total. The molecule has 0 radical (unpaired) electrons. The number of hydrogen-bond acceptors (Lipinski definition) is 6. The quantitative estimate of drug-likeness (QED) is 0.316. The number of rotatable bonds is 9. The van der Waals surface area contributed by atoms with E-state index in [0.29, 0.717) is 25.7 Å². The average Bonchev–Trinajstić information content (AvgIpc) is 3.00. The molecule has 1 aliphatic rings. The molecule has 1 heterocycles. The maximum absolute atomic E-state index is 11.7. The van der Waals surface area contributed by atoms with Crippen LogP contribution >= 0.6 is 0 Å². The second-order valence-electron chi connectivity index (χ2n) is 8.75. The molecule has 0 aliphatic carbocycles. The highest BCUT2D eigenvalue weighted by Gasteiger charge is 2.24. The number of methoxy groups -OCH3 is 2. The lowest BCUT2D eigenvalue weighted by Crippen LogP contribution is -2.42. The molecule has 0 spiro atoms. The van der Waals surface area contributed by atoms with E-state index in [1.165, 1.54) is 11.1 Å². The van der Waals surface area contributed by atoms with Crippen LogP contribution in [0.3, 0.4) is 0 Å². The maximum Gasteiger partial charge on any atom is 0.409 e. The van der Waals surface area contributed by atoms with E-state index in [-0.39, 0.29) is 6.09 Å². The molecule has 7 heteroatoms. The van der Waals surface area contributed by atoms with Gasteiger partial charge in [-0.05, 0) is 43.0 Å². The van der Waals surface area contributed by atoms with Crippen LogP contribution in [0.25, 0.3) is 0 Å². The highest BCUT2D eigenvalue weighted by atomic mass is 16.6. The van der Waals surface area contributed by atoms with E-state index in [4.69, 9.17) is 14.2 Å². The van der Waals surface area contributed by atoms with Crippen LogP contribution < -0.4 is 20.1 Å². The Morgan fingerprint density at radius 3 is 1.90 bits per heavy atom. The number of carbonyl (C=O) groups excluding carboxylic acids is 1. The highest BCUT2D eigenvalue weighted by molar-refractivity contribution is 5.67. The lowest BCUT2D eigenvalue weighted by Gasteiger charge is -2.32. The lowest BCUT2D eigenvalue weighted by atomic mass is 10.0. The standard InChI is InChI=1S/C16H24N2O4.C14H15N.C2H6/c1-4-22-16(19)18-9-7-12(8-10-18)17-14-6-5-13(20-2)11-15(14)21-3;1-3-7-13(8-4-1)11-15-12-14-9-5-2-6-10-14;1-2/h5-6,11-12,17H,4,7-10H2,1-3H3;1-10,15H,11-12H2;1-2H3. The molecule has 1 saturated heterocycles. The van der Waals surface area contributed by atoms with Gasteiger partial charge in [0.15, 0.2) is 0 Å². The van der Waals surface area contributed by atoms with Crippen molar-refractivity contribution in [3.8, 4) is 11.5 Å². The van der Waals surface area contributed by atoms with Crippen molar-refractivity contribution in [2.75, 3.05) is 39.2 Å². The van der Waals surface area contributed by atoms with Gasteiger partial charge >= 0.3 is 6.09 Å². The van der Waals surface area contributed by atoms with E-state index in [1.54, 1.807) is 19.1 Å². The first-order valence-electron chi connectivity index (χ1n) is 13.8. The zero-order valence-corrected chi connectivity index (χ0v) is 24.1. The molecule has 1 aliphatic heterocycles. The Labute approximate surface area is 234 Å². The summed E-state index contributed by atoms with van der Waals surface area (Å²) in [5.74, 6) is 1.52. The van der Waals surface area contributed by atoms with Gasteiger partial charge in [-0.15, -0.1) is 0 Å². The Kier molecular flexibility index (Phi) is 15.0. The summed E-state index contributed by atoms with van der Waals surface area (Å²) in [6.07, 6.45) is 1.55. The molecule has 1 amide bonds. The SMILES string of the molecule is CC.CCOC(=O)N1CCC(Nc2ccc(OC)cc2OC)CC1.c1ccc(CNCc2ccccc2)cc1. The van der Waals surface area contributed by atoms with Crippen LogP contribution in [-0.2, 0) is 17.8 Å². The molecule has 0 saturated carbocycles. The third kappa shape index (κ3) is 11.3. The number of nitrogens with one attached hydrogen (secondary N) is 2. The van der Waals surface area contributed by atoms with Gasteiger partial charge in [-0.25, -0.2) is 4.79 Å². The number of carbonyl (C=O) groups is 1. The van der Waals surface area contributed by atoms with Crippen LogP contribution in [-0.4, -0.2) is 51.0 Å². The van der Waals surface area contributed by atoms with Crippen LogP contribution in [0.15, 0.2) is 78.9 Å². The third-order valence-electron chi connectivity index (χ3n) is 6.13. The van der Waals surface area contributed by atoms with Crippen LogP contribution in [0.1, 0.15) is 44.7 Å². The largest absolute Gasteiger partial charge is 0.497 e. The van der Waals surface area contributed by atoms with Gasteiger partial charge in [0, 0.05) is 38.3 Å². The Morgan fingerprint density at radius 1 is 0.846 bits per heavy atom. The maximum atomic E-state index is 11.7. The fraction of sp³-hybridized carbons (Fsp3) is 0.406. The summed E-state index contributed by atoms with van der Waals surface area (Å²) in [6.45, 7) is 9.50. The molecule has 3 aromatic rings. The topological polar surface area (TPSA) is 72.1 Å². The number of hydrogen-bond donors (Lipinski definition) is 2. The number of ether oxygens (including phenoxy) is 3. The van der Waals surface area contributed by atoms with E-state index >= 15 is 0 Å². The molecular formula is C32H45N3O4. The molecule has 39 heavy (non-hydrogen) atoms. The molecule has 0 unspecified atom stereocenters. The van der Waals surface area contributed by atoms with Crippen LogP contribution in [0, 0.1) is 0 Å². The molecule has 0 atom stereocenters. The van der Waals surface area contributed by atoms with Gasteiger partial charge in [-0.2, -0.15) is 0 Å². The normalized spacial score (nSPS) is 12.7. The molecule has 7 nitrogen and oxygen atoms in total. The van der Waals surface area contributed by atoms with E-state index in [0.717, 1.165) is 43.1 Å². The van der Waals surface area contributed by atoms with Gasteiger partial charge in [0.25, 0.3) is 0 Å². The number of benzene rings is 3. The fourth-order valence-corrected chi connectivity index (χ4v) is 4.10. The lowest BCUT2D eigenvalue weighted by molar-refractivity contribution is 0.0983. The van der Waals surface area contributed by atoms with Gasteiger partial charge in [-0.1, -0.05) is 74.5 Å². The van der Waals surface area contributed by atoms with E-state index < -0.39 is 0 Å². The first-order valence-corrected chi connectivity index (χ1v) is 13.8. The predicted molar refractivity (Wildman–Crippen MR) is 160 cm³/mol. The summed E-state index contributed by atoms with van der Waals surface area (Å²) in [5.41, 5.74) is 3.60. The molecular weight excluding hydrogens is 490 g/mol. The van der Waals surface area contributed by atoms with Gasteiger partial charge in [0.2, 0.25) is 0 Å². The van der Waals surface area contributed by atoms with Gasteiger partial charge < -0.3 is 29.7 Å². The van der Waals surface area contributed by atoms with E-state index in [2.05, 4.69) is 59.2 Å². The number of likely N-dealkylation sites (tertiary alicyclic amines) is 1. The van der Waals surface area contributed by atoms with Crippen molar-refractivity contribution in [2.24, 2.45) is 0 Å². The summed E-state index contributed by atoms with van der Waals surface area (Å²) in [4.78, 5) is 13.4. The second kappa shape index (κ2) is 18.5. The zero-order chi connectivity index (χ0) is 28.3. The third-order valence-corrected chi connectivity index (χ3v) is 6.13. The Bertz CT molecular complexity index is 1020. The number of piperidine rings is 1. The smallest absolute Gasteiger partial charge is 0.409 e. The van der Waals surface area contributed by atoms with Gasteiger partial charge in [-0.3, -0.25) is 0 Å². The summed E-state index contributed by atoms with van der Waals surface area (Å²) < 4.78 is 15.6. The van der Waals surface area contributed by atoms with Crippen molar-refractivity contribution in [3.63, 3.8) is 0 Å². The van der Waals surface area contributed by atoms with Crippen LogP contribution in [0.5, 0.6) is 11.5 Å². The van der Waals surface area contributed by atoms with Gasteiger partial charge in [0.1, 0.15) is 11.5 Å². The van der Waals surface area contributed by atoms with Crippen molar-refractivity contribution < 1.29 is 19.0 Å². The van der Waals surface area contributed by atoms with Crippen LogP contribution in [0.4, 0.5) is 10.5 Å². The average molecular weight is 536 g/mol. The first kappa shape index (κ1) is 31.5. The molecule has 0 bridgehead atoms. The highest BCUT2D eigenvalue weighted by Crippen LogP contribution is 2.30.